The van der Waals surface area contributed by atoms with E-state index in [4.69, 9.17) is 18.9 Å². The Morgan fingerprint density at radius 2 is 1.70 bits per heavy atom. The summed E-state index contributed by atoms with van der Waals surface area (Å²) in [5.74, 6) is 2.05. The second-order valence-corrected chi connectivity index (χ2v) is 6.65. The highest BCUT2D eigenvalue weighted by atomic mass is 16.5. The molecule has 2 aromatic rings. The lowest BCUT2D eigenvalue weighted by molar-refractivity contribution is -0.0508. The van der Waals surface area contributed by atoms with E-state index in [0.717, 1.165) is 30.6 Å². The minimum Gasteiger partial charge on any atom is -0.497 e. The van der Waals surface area contributed by atoms with Crippen LogP contribution in [0.25, 0.3) is 0 Å². The van der Waals surface area contributed by atoms with Crippen molar-refractivity contribution < 1.29 is 23.7 Å². The quantitative estimate of drug-likeness (QED) is 0.667. The summed E-state index contributed by atoms with van der Waals surface area (Å²) < 4.78 is 22.0. The average molecular weight is 370 g/mol. The summed E-state index contributed by atoms with van der Waals surface area (Å²) >= 11 is 0. The number of carbonyl (C=O) groups is 1. The lowest BCUT2D eigenvalue weighted by Gasteiger charge is -2.30. The van der Waals surface area contributed by atoms with E-state index in [-0.39, 0.29) is 18.0 Å². The zero-order valence-electron chi connectivity index (χ0n) is 16.1. The van der Waals surface area contributed by atoms with Crippen LogP contribution in [-0.2, 0) is 4.74 Å². The third kappa shape index (κ3) is 4.61. The summed E-state index contributed by atoms with van der Waals surface area (Å²) in [5, 5.41) is 0. The van der Waals surface area contributed by atoms with E-state index in [0.29, 0.717) is 23.5 Å². The van der Waals surface area contributed by atoms with Crippen molar-refractivity contribution in [2.45, 2.75) is 37.9 Å². The minimum atomic E-state index is -0.0774. The predicted molar refractivity (Wildman–Crippen MR) is 103 cm³/mol. The Hall–Kier alpha value is -2.53. The third-order valence-corrected chi connectivity index (χ3v) is 4.96. The van der Waals surface area contributed by atoms with E-state index in [1.807, 2.05) is 24.3 Å². The number of rotatable bonds is 7. The van der Waals surface area contributed by atoms with Crippen LogP contribution in [0.5, 0.6) is 17.2 Å². The van der Waals surface area contributed by atoms with Crippen molar-refractivity contribution in [2.24, 2.45) is 0 Å². The Bertz CT molecular complexity index is 769. The van der Waals surface area contributed by atoms with Gasteiger partial charge in [-0.1, -0.05) is 12.1 Å². The molecule has 0 aliphatic carbocycles. The van der Waals surface area contributed by atoms with Gasteiger partial charge in [0, 0.05) is 12.0 Å². The second-order valence-electron chi connectivity index (χ2n) is 6.65. The molecule has 1 aliphatic rings. The number of methoxy groups -OCH3 is 3. The van der Waals surface area contributed by atoms with Crippen LogP contribution in [0.3, 0.4) is 0 Å². The molecule has 2 atom stereocenters. The van der Waals surface area contributed by atoms with Crippen LogP contribution in [0, 0.1) is 0 Å². The van der Waals surface area contributed by atoms with Gasteiger partial charge in [-0.2, -0.15) is 0 Å². The van der Waals surface area contributed by atoms with Crippen LogP contribution in [0.4, 0.5) is 0 Å². The molecular weight excluding hydrogens is 344 g/mol. The molecule has 27 heavy (non-hydrogen) atoms. The van der Waals surface area contributed by atoms with Gasteiger partial charge in [-0.25, -0.2) is 0 Å². The van der Waals surface area contributed by atoms with Gasteiger partial charge in [0.2, 0.25) is 0 Å². The first-order valence-electron chi connectivity index (χ1n) is 9.19. The van der Waals surface area contributed by atoms with Gasteiger partial charge in [-0.15, -0.1) is 0 Å². The normalized spacial score (nSPS) is 19.4. The molecular formula is C22H26O5. The predicted octanol–water partition coefficient (Wildman–Crippen LogP) is 4.60. The molecule has 1 heterocycles. The molecule has 0 amide bonds. The molecule has 0 saturated carbocycles. The van der Waals surface area contributed by atoms with Crippen molar-refractivity contribution in [1.29, 1.82) is 0 Å². The van der Waals surface area contributed by atoms with Gasteiger partial charge in [0.15, 0.2) is 17.3 Å². The third-order valence-electron chi connectivity index (χ3n) is 4.96. The Morgan fingerprint density at radius 1 is 0.963 bits per heavy atom. The maximum atomic E-state index is 12.7. The van der Waals surface area contributed by atoms with E-state index in [1.165, 1.54) is 0 Å². The van der Waals surface area contributed by atoms with Crippen molar-refractivity contribution >= 4 is 5.78 Å². The highest BCUT2D eigenvalue weighted by Crippen LogP contribution is 2.34. The highest BCUT2D eigenvalue weighted by molar-refractivity contribution is 5.97. The number of ketones is 1. The Labute approximate surface area is 160 Å². The van der Waals surface area contributed by atoms with Crippen molar-refractivity contribution in [3.63, 3.8) is 0 Å². The van der Waals surface area contributed by atoms with E-state index >= 15 is 0 Å². The molecule has 3 rings (SSSR count). The Balaban J connectivity index is 1.65. The summed E-state index contributed by atoms with van der Waals surface area (Å²) in [6.07, 6.45) is 3.21. The molecule has 144 valence electrons. The molecule has 0 bridgehead atoms. The lowest BCUT2D eigenvalue weighted by atomic mass is 9.95. The lowest BCUT2D eigenvalue weighted by Crippen LogP contribution is -2.25. The van der Waals surface area contributed by atoms with E-state index in [9.17, 15) is 4.79 Å². The van der Waals surface area contributed by atoms with Crippen molar-refractivity contribution in [3.05, 3.63) is 53.6 Å². The fourth-order valence-electron chi connectivity index (χ4n) is 3.45. The van der Waals surface area contributed by atoms with Crippen LogP contribution in [0.1, 0.15) is 47.7 Å². The number of Topliss-reactive ketones (excluding diaryl/α,β-unsaturated/α-hetero) is 1. The van der Waals surface area contributed by atoms with Crippen LogP contribution < -0.4 is 14.2 Å². The first kappa shape index (κ1) is 19.2. The number of benzene rings is 2. The Morgan fingerprint density at radius 3 is 2.37 bits per heavy atom. The van der Waals surface area contributed by atoms with Crippen molar-refractivity contribution in [1.82, 2.24) is 0 Å². The zero-order valence-corrected chi connectivity index (χ0v) is 16.1. The van der Waals surface area contributed by atoms with E-state index in [2.05, 4.69) is 0 Å². The van der Waals surface area contributed by atoms with Gasteiger partial charge < -0.3 is 18.9 Å². The van der Waals surface area contributed by atoms with Crippen LogP contribution in [0.15, 0.2) is 42.5 Å². The maximum absolute atomic E-state index is 12.7. The van der Waals surface area contributed by atoms with Gasteiger partial charge in [-0.05, 0) is 55.2 Å². The molecule has 1 saturated heterocycles. The summed E-state index contributed by atoms with van der Waals surface area (Å²) in [6, 6.07) is 13.2. The summed E-state index contributed by atoms with van der Waals surface area (Å²) in [7, 11) is 4.80. The van der Waals surface area contributed by atoms with E-state index < -0.39 is 0 Å². The van der Waals surface area contributed by atoms with Crippen LogP contribution in [-0.4, -0.2) is 33.2 Å². The van der Waals surface area contributed by atoms with Crippen molar-refractivity contribution in [2.75, 3.05) is 21.3 Å². The number of hydrogen-bond acceptors (Lipinski definition) is 5. The maximum Gasteiger partial charge on any atom is 0.165 e. The van der Waals surface area contributed by atoms with Crippen LogP contribution >= 0.6 is 0 Å². The molecule has 2 aromatic carbocycles. The van der Waals surface area contributed by atoms with Crippen molar-refractivity contribution in [3.8, 4) is 17.2 Å². The van der Waals surface area contributed by atoms with E-state index in [1.54, 1.807) is 39.5 Å². The second kappa shape index (κ2) is 8.91. The average Bonchev–Trinajstić information content (AvgIpc) is 2.73. The fraction of sp³-hybridized carbons (Fsp3) is 0.409. The minimum absolute atomic E-state index is 0.0212. The first-order chi connectivity index (χ1) is 13.1. The summed E-state index contributed by atoms with van der Waals surface area (Å²) in [6.45, 7) is 0. The molecule has 5 nitrogen and oxygen atoms in total. The number of ether oxygens (including phenoxy) is 4. The monoisotopic (exact) mass is 370 g/mol. The van der Waals surface area contributed by atoms with Gasteiger partial charge >= 0.3 is 0 Å². The largest absolute Gasteiger partial charge is 0.497 e. The molecule has 0 unspecified atom stereocenters. The molecule has 1 fully saturated rings. The molecule has 0 radical (unpaired) electrons. The van der Waals surface area contributed by atoms with Crippen LogP contribution in [0.2, 0.25) is 0 Å². The molecule has 5 heteroatoms. The first-order valence-corrected chi connectivity index (χ1v) is 9.19. The highest BCUT2D eigenvalue weighted by Gasteiger charge is 2.26. The number of hydrogen-bond donors (Lipinski definition) is 0. The summed E-state index contributed by atoms with van der Waals surface area (Å²) in [4.78, 5) is 12.7. The molecule has 1 aliphatic heterocycles. The van der Waals surface area contributed by atoms with Gasteiger partial charge in [0.05, 0.1) is 33.5 Å². The van der Waals surface area contributed by atoms with Gasteiger partial charge in [0.25, 0.3) is 0 Å². The standard InChI is InChI=1S/C22H26O5/c1-24-17-10-7-15(8-11-17)20-6-4-5-18(27-20)14-19(23)16-9-12-21(25-2)22(13-16)26-3/h7-13,18,20H,4-6,14H2,1-3H3/t18-,20+/m0/s1. The molecule has 0 spiro atoms. The molecule has 0 N–H and O–H groups in total. The molecule has 0 aromatic heterocycles. The Kier molecular flexibility index (Phi) is 6.35. The summed E-state index contributed by atoms with van der Waals surface area (Å²) in [5.41, 5.74) is 1.74. The smallest absolute Gasteiger partial charge is 0.165 e. The SMILES string of the molecule is COc1ccc([C@H]2CCC[C@@H](CC(=O)c3ccc(OC)c(OC)c3)O2)cc1. The zero-order chi connectivity index (χ0) is 19.2. The van der Waals surface area contributed by atoms with Gasteiger partial charge in [-0.3, -0.25) is 4.79 Å². The topological polar surface area (TPSA) is 54.0 Å². The van der Waals surface area contributed by atoms with Gasteiger partial charge in [0.1, 0.15) is 5.75 Å². The fourth-order valence-corrected chi connectivity index (χ4v) is 3.45. The number of carbonyl (C=O) groups excluding carboxylic acids is 1.